The Morgan fingerprint density at radius 3 is 2.67 bits per heavy atom. The third kappa shape index (κ3) is 2.64. The van der Waals surface area contributed by atoms with Crippen molar-refractivity contribution in [1.82, 2.24) is 10.2 Å². The zero-order valence-corrected chi connectivity index (χ0v) is 11.5. The zero-order chi connectivity index (χ0) is 15.0. The van der Waals surface area contributed by atoms with E-state index in [0.29, 0.717) is 13.0 Å². The van der Waals surface area contributed by atoms with E-state index in [1.165, 1.54) is 4.90 Å². The van der Waals surface area contributed by atoms with Crippen LogP contribution in [0, 0.1) is 0 Å². The van der Waals surface area contributed by atoms with E-state index in [0.717, 1.165) is 11.1 Å². The fourth-order valence-electron chi connectivity index (χ4n) is 3.12. The van der Waals surface area contributed by atoms with E-state index in [1.54, 1.807) is 0 Å². The molecule has 3 atom stereocenters. The number of aliphatic carboxylic acids is 1. The molecule has 0 radical (unpaired) electrons. The van der Waals surface area contributed by atoms with Crippen LogP contribution in [-0.4, -0.2) is 51.7 Å². The van der Waals surface area contributed by atoms with E-state index in [-0.39, 0.29) is 18.9 Å². The molecule has 3 N–H and O–H groups in total. The molecule has 2 aliphatic heterocycles. The summed E-state index contributed by atoms with van der Waals surface area (Å²) in [6.07, 6.45) is -0.107. The molecule has 2 heterocycles. The van der Waals surface area contributed by atoms with E-state index in [9.17, 15) is 19.8 Å². The van der Waals surface area contributed by atoms with Crippen LogP contribution in [0.1, 0.15) is 17.5 Å². The molecule has 0 spiro atoms. The number of nitrogens with zero attached hydrogens (tertiary/aromatic N) is 1. The van der Waals surface area contributed by atoms with Gasteiger partial charge in [-0.1, -0.05) is 24.3 Å². The number of hydrogen-bond acceptors (Lipinski definition) is 4. The smallest absolute Gasteiger partial charge is 0.326 e. The molecule has 3 rings (SSSR count). The lowest BCUT2D eigenvalue weighted by molar-refractivity contribution is -0.149. The van der Waals surface area contributed by atoms with Crippen molar-refractivity contribution in [2.45, 2.75) is 37.6 Å². The normalized spacial score (nSPS) is 28.2. The topological polar surface area (TPSA) is 89.9 Å². The predicted molar refractivity (Wildman–Crippen MR) is 74.5 cm³/mol. The highest BCUT2D eigenvalue weighted by atomic mass is 16.4. The summed E-state index contributed by atoms with van der Waals surface area (Å²) in [5.41, 5.74) is 2.28. The van der Waals surface area contributed by atoms with Gasteiger partial charge in [-0.3, -0.25) is 4.79 Å². The number of carboxylic acid groups (broad SMARTS) is 1. The molecule has 0 aliphatic carbocycles. The minimum absolute atomic E-state index is 0.0929. The maximum Gasteiger partial charge on any atom is 0.326 e. The van der Waals surface area contributed by atoms with Gasteiger partial charge in [-0.25, -0.2) is 4.79 Å². The Bertz CT molecular complexity index is 575. The first-order valence-electron chi connectivity index (χ1n) is 7.08. The number of hydrogen-bond donors (Lipinski definition) is 3. The van der Waals surface area contributed by atoms with Crippen molar-refractivity contribution >= 4 is 11.9 Å². The number of likely N-dealkylation sites (tertiary alicyclic amines) is 1. The van der Waals surface area contributed by atoms with Gasteiger partial charge in [-0.05, 0) is 17.5 Å². The lowest BCUT2D eigenvalue weighted by Gasteiger charge is -2.30. The van der Waals surface area contributed by atoms with Crippen LogP contribution >= 0.6 is 0 Å². The number of carbonyl (C=O) groups is 2. The summed E-state index contributed by atoms with van der Waals surface area (Å²) in [6, 6.07) is 6.55. The van der Waals surface area contributed by atoms with Crippen LogP contribution in [0.5, 0.6) is 0 Å². The van der Waals surface area contributed by atoms with Crippen molar-refractivity contribution in [3.8, 4) is 0 Å². The van der Waals surface area contributed by atoms with Gasteiger partial charge in [0.05, 0.1) is 12.1 Å². The Balaban J connectivity index is 1.76. The first-order valence-corrected chi connectivity index (χ1v) is 7.08. The number of β-amino-alcohol motifs (C(OH)–C–C–N with tert-alkyl or cyclic N) is 1. The fourth-order valence-corrected chi connectivity index (χ4v) is 3.12. The molecular formula is C15H18N2O4. The number of nitrogens with one attached hydrogen (secondary N) is 1. The number of benzene rings is 1. The summed E-state index contributed by atoms with van der Waals surface area (Å²) in [6.45, 7) is 0.691. The third-order valence-corrected chi connectivity index (χ3v) is 4.23. The second-order valence-electron chi connectivity index (χ2n) is 5.64. The highest BCUT2D eigenvalue weighted by Gasteiger charge is 2.41. The van der Waals surface area contributed by atoms with Gasteiger partial charge in [0.15, 0.2) is 0 Å². The third-order valence-electron chi connectivity index (χ3n) is 4.23. The molecule has 2 aliphatic rings. The summed E-state index contributed by atoms with van der Waals surface area (Å²) in [5, 5.41) is 22.0. The largest absolute Gasteiger partial charge is 0.480 e. The van der Waals surface area contributed by atoms with Crippen LogP contribution in [0.2, 0.25) is 0 Å². The van der Waals surface area contributed by atoms with E-state index in [4.69, 9.17) is 0 Å². The number of aliphatic hydroxyl groups excluding tert-OH is 1. The van der Waals surface area contributed by atoms with Crippen molar-refractivity contribution in [2.75, 3.05) is 6.54 Å². The van der Waals surface area contributed by atoms with Gasteiger partial charge in [0.25, 0.3) is 0 Å². The maximum atomic E-state index is 12.6. The molecule has 112 valence electrons. The van der Waals surface area contributed by atoms with E-state index in [2.05, 4.69) is 5.32 Å². The Kier molecular flexibility index (Phi) is 3.65. The number of carboxylic acids is 1. The lowest BCUT2D eigenvalue weighted by atomic mass is 9.95. The van der Waals surface area contributed by atoms with Gasteiger partial charge in [0, 0.05) is 19.5 Å². The van der Waals surface area contributed by atoms with Crippen molar-refractivity contribution in [1.29, 1.82) is 0 Å². The van der Waals surface area contributed by atoms with Crippen molar-refractivity contribution in [3.63, 3.8) is 0 Å². The summed E-state index contributed by atoms with van der Waals surface area (Å²) in [7, 11) is 0. The van der Waals surface area contributed by atoms with Gasteiger partial charge in [0.1, 0.15) is 6.04 Å². The first kappa shape index (κ1) is 14.0. The number of carbonyl (C=O) groups excluding carboxylic acids is 1. The van der Waals surface area contributed by atoms with Crippen LogP contribution in [0.3, 0.4) is 0 Å². The van der Waals surface area contributed by atoms with Gasteiger partial charge in [-0.2, -0.15) is 0 Å². The number of aliphatic hydroxyl groups is 1. The van der Waals surface area contributed by atoms with Gasteiger partial charge in [0.2, 0.25) is 5.91 Å². The molecule has 0 saturated carbocycles. The molecule has 6 heteroatoms. The van der Waals surface area contributed by atoms with E-state index in [1.807, 2.05) is 24.3 Å². The monoisotopic (exact) mass is 290 g/mol. The van der Waals surface area contributed by atoms with Crippen molar-refractivity contribution in [2.24, 2.45) is 0 Å². The number of amides is 1. The molecule has 6 nitrogen and oxygen atoms in total. The Morgan fingerprint density at radius 2 is 1.95 bits per heavy atom. The minimum atomic E-state index is -1.06. The first-order chi connectivity index (χ1) is 10.1. The molecule has 21 heavy (non-hydrogen) atoms. The summed E-state index contributed by atoms with van der Waals surface area (Å²) in [4.78, 5) is 25.1. The van der Waals surface area contributed by atoms with Crippen LogP contribution in [0.4, 0.5) is 0 Å². The molecule has 1 fully saturated rings. The molecule has 0 aromatic heterocycles. The Labute approximate surface area is 122 Å². The summed E-state index contributed by atoms with van der Waals surface area (Å²) >= 11 is 0. The van der Waals surface area contributed by atoms with E-state index < -0.39 is 24.2 Å². The van der Waals surface area contributed by atoms with Crippen LogP contribution in [-0.2, 0) is 22.6 Å². The predicted octanol–water partition coefficient (Wildman–Crippen LogP) is -0.253. The second kappa shape index (κ2) is 5.46. The number of fused-ring (bicyclic) bond motifs is 1. The second-order valence-corrected chi connectivity index (χ2v) is 5.64. The van der Waals surface area contributed by atoms with Crippen molar-refractivity contribution < 1.29 is 19.8 Å². The van der Waals surface area contributed by atoms with Gasteiger partial charge >= 0.3 is 5.97 Å². The lowest BCUT2D eigenvalue weighted by Crippen LogP contribution is -2.52. The quantitative estimate of drug-likeness (QED) is 0.699. The standard InChI is InChI=1S/C15H18N2O4/c18-11-6-13(15(20)21)17(8-11)14(19)12-5-9-3-1-2-4-10(9)7-16-12/h1-4,11-13,16,18H,5-8H2,(H,20,21)/t11?,12-,13+/m1/s1. The molecular weight excluding hydrogens is 272 g/mol. The molecule has 1 amide bonds. The molecule has 1 aromatic rings. The minimum Gasteiger partial charge on any atom is -0.480 e. The zero-order valence-electron chi connectivity index (χ0n) is 11.5. The van der Waals surface area contributed by atoms with Crippen LogP contribution < -0.4 is 5.32 Å². The summed E-state index contributed by atoms with van der Waals surface area (Å²) < 4.78 is 0. The van der Waals surface area contributed by atoms with Gasteiger partial charge < -0.3 is 20.4 Å². The Morgan fingerprint density at radius 1 is 1.24 bits per heavy atom. The Hall–Kier alpha value is -1.92. The van der Waals surface area contributed by atoms with Crippen molar-refractivity contribution in [3.05, 3.63) is 35.4 Å². The maximum absolute atomic E-state index is 12.6. The fraction of sp³-hybridized carbons (Fsp3) is 0.467. The SMILES string of the molecule is O=C(O)[C@@H]1CC(O)CN1C(=O)[C@H]1Cc2ccccc2CN1. The average Bonchev–Trinajstić information content (AvgIpc) is 2.88. The van der Waals surface area contributed by atoms with E-state index >= 15 is 0 Å². The molecule has 1 saturated heterocycles. The highest BCUT2D eigenvalue weighted by molar-refractivity contribution is 5.88. The van der Waals surface area contributed by atoms with Crippen LogP contribution in [0.15, 0.2) is 24.3 Å². The van der Waals surface area contributed by atoms with Gasteiger partial charge in [-0.15, -0.1) is 0 Å². The highest BCUT2D eigenvalue weighted by Crippen LogP contribution is 2.22. The molecule has 0 bridgehead atoms. The van der Waals surface area contributed by atoms with Crippen LogP contribution in [0.25, 0.3) is 0 Å². The number of rotatable bonds is 2. The average molecular weight is 290 g/mol. The molecule has 1 unspecified atom stereocenters. The summed E-state index contributed by atoms with van der Waals surface area (Å²) in [5.74, 6) is -1.30. The molecule has 1 aromatic carbocycles.